The highest BCUT2D eigenvalue weighted by Crippen LogP contribution is 2.22. The van der Waals surface area contributed by atoms with E-state index in [4.69, 9.17) is 9.52 Å². The van der Waals surface area contributed by atoms with Crippen molar-refractivity contribution in [2.45, 2.75) is 18.9 Å². The average molecular weight is 274 g/mol. The standard InChI is InChI=1S/C10H12BrNO3/c11-9-4-3-8(15-9)10(14)12-5-1-2-7(12)6-13/h3-4,7,13H,1-2,5-6H2. The molecule has 0 radical (unpaired) electrons. The van der Waals surface area contributed by atoms with E-state index in [1.807, 2.05) is 0 Å². The van der Waals surface area contributed by atoms with Crippen LogP contribution in [0, 0.1) is 0 Å². The van der Waals surface area contributed by atoms with Gasteiger partial charge in [0.15, 0.2) is 10.4 Å². The SMILES string of the molecule is O=C(c1ccc(Br)o1)N1CCCC1CO. The highest BCUT2D eigenvalue weighted by molar-refractivity contribution is 9.10. The summed E-state index contributed by atoms with van der Waals surface area (Å²) in [5, 5.41) is 9.10. The highest BCUT2D eigenvalue weighted by Gasteiger charge is 2.30. The van der Waals surface area contributed by atoms with Gasteiger partial charge in [0.05, 0.1) is 12.6 Å². The number of furan rings is 1. The Morgan fingerprint density at radius 1 is 1.67 bits per heavy atom. The molecule has 1 aromatic heterocycles. The van der Waals surface area contributed by atoms with Crippen LogP contribution in [0.25, 0.3) is 0 Å². The van der Waals surface area contributed by atoms with Crippen molar-refractivity contribution in [1.82, 2.24) is 4.90 Å². The zero-order chi connectivity index (χ0) is 10.8. The molecule has 0 aromatic carbocycles. The second-order valence-electron chi connectivity index (χ2n) is 3.58. The van der Waals surface area contributed by atoms with Crippen LogP contribution in [-0.2, 0) is 0 Å². The zero-order valence-electron chi connectivity index (χ0n) is 8.15. The van der Waals surface area contributed by atoms with Gasteiger partial charge in [0, 0.05) is 6.54 Å². The second-order valence-corrected chi connectivity index (χ2v) is 4.36. The molecule has 1 N–H and O–H groups in total. The van der Waals surface area contributed by atoms with Crippen LogP contribution in [0.2, 0.25) is 0 Å². The molecule has 1 unspecified atom stereocenters. The van der Waals surface area contributed by atoms with E-state index in [1.54, 1.807) is 17.0 Å². The summed E-state index contributed by atoms with van der Waals surface area (Å²) >= 11 is 3.15. The summed E-state index contributed by atoms with van der Waals surface area (Å²) in [7, 11) is 0. The van der Waals surface area contributed by atoms with Gasteiger partial charge in [-0.1, -0.05) is 0 Å². The molecule has 1 amide bonds. The van der Waals surface area contributed by atoms with Gasteiger partial charge in [-0.25, -0.2) is 0 Å². The molecule has 4 nitrogen and oxygen atoms in total. The first-order valence-electron chi connectivity index (χ1n) is 4.89. The van der Waals surface area contributed by atoms with E-state index < -0.39 is 0 Å². The number of carbonyl (C=O) groups excluding carboxylic acids is 1. The lowest BCUT2D eigenvalue weighted by Gasteiger charge is -2.21. The molecule has 1 saturated heterocycles. The van der Waals surface area contributed by atoms with Crippen LogP contribution in [0.15, 0.2) is 21.2 Å². The summed E-state index contributed by atoms with van der Waals surface area (Å²) in [6.07, 6.45) is 1.81. The first kappa shape index (κ1) is 10.7. The van der Waals surface area contributed by atoms with Gasteiger partial charge < -0.3 is 14.4 Å². The van der Waals surface area contributed by atoms with Crippen LogP contribution in [0.1, 0.15) is 23.4 Å². The van der Waals surface area contributed by atoms with E-state index in [9.17, 15) is 4.79 Å². The predicted octanol–water partition coefficient (Wildman–Crippen LogP) is 1.64. The number of halogens is 1. The maximum atomic E-state index is 11.9. The number of likely N-dealkylation sites (tertiary alicyclic amines) is 1. The quantitative estimate of drug-likeness (QED) is 0.892. The lowest BCUT2D eigenvalue weighted by Crippen LogP contribution is -2.37. The van der Waals surface area contributed by atoms with Gasteiger partial charge >= 0.3 is 0 Å². The Labute approximate surface area is 96.0 Å². The molecule has 0 spiro atoms. The number of aliphatic hydroxyl groups excluding tert-OH is 1. The molecule has 1 aliphatic rings. The van der Waals surface area contributed by atoms with Crippen molar-refractivity contribution in [1.29, 1.82) is 0 Å². The number of aliphatic hydroxyl groups is 1. The number of hydrogen-bond acceptors (Lipinski definition) is 3. The minimum Gasteiger partial charge on any atom is -0.444 e. The summed E-state index contributed by atoms with van der Waals surface area (Å²) in [5.74, 6) is 0.180. The number of nitrogens with zero attached hydrogens (tertiary/aromatic N) is 1. The highest BCUT2D eigenvalue weighted by atomic mass is 79.9. The van der Waals surface area contributed by atoms with Gasteiger partial charge in [0.25, 0.3) is 5.91 Å². The van der Waals surface area contributed by atoms with E-state index in [2.05, 4.69) is 15.9 Å². The average Bonchev–Trinajstić information content (AvgIpc) is 2.84. The van der Waals surface area contributed by atoms with Gasteiger partial charge in [0.2, 0.25) is 0 Å². The molecule has 2 heterocycles. The fraction of sp³-hybridized carbons (Fsp3) is 0.500. The maximum absolute atomic E-state index is 11.9. The van der Waals surface area contributed by atoms with E-state index in [0.29, 0.717) is 17.0 Å². The molecule has 15 heavy (non-hydrogen) atoms. The Morgan fingerprint density at radius 2 is 2.47 bits per heavy atom. The molecular formula is C10H12BrNO3. The topological polar surface area (TPSA) is 53.7 Å². The van der Waals surface area contributed by atoms with Crippen LogP contribution < -0.4 is 0 Å². The summed E-state index contributed by atoms with van der Waals surface area (Å²) in [4.78, 5) is 13.6. The molecule has 0 aliphatic carbocycles. The van der Waals surface area contributed by atoms with Gasteiger partial charge in [-0.3, -0.25) is 4.79 Å². The van der Waals surface area contributed by atoms with Crippen LogP contribution in [0.3, 0.4) is 0 Å². The Bertz CT molecular complexity index is 363. The monoisotopic (exact) mass is 273 g/mol. The Hall–Kier alpha value is -0.810. The summed E-state index contributed by atoms with van der Waals surface area (Å²) in [6, 6.07) is 3.28. The van der Waals surface area contributed by atoms with E-state index in [1.165, 1.54) is 0 Å². The van der Waals surface area contributed by atoms with Gasteiger partial charge in [0.1, 0.15) is 0 Å². The largest absolute Gasteiger partial charge is 0.444 e. The third-order valence-electron chi connectivity index (χ3n) is 2.63. The van der Waals surface area contributed by atoms with Crippen molar-refractivity contribution in [2.75, 3.05) is 13.2 Å². The van der Waals surface area contributed by atoms with Gasteiger partial charge in [-0.15, -0.1) is 0 Å². The smallest absolute Gasteiger partial charge is 0.289 e. The minimum absolute atomic E-state index is 0.0214. The van der Waals surface area contributed by atoms with Crippen LogP contribution in [-0.4, -0.2) is 35.1 Å². The first-order valence-corrected chi connectivity index (χ1v) is 5.69. The number of amides is 1. The summed E-state index contributed by atoms with van der Waals surface area (Å²) in [6.45, 7) is 0.718. The van der Waals surface area contributed by atoms with Crippen molar-refractivity contribution in [2.24, 2.45) is 0 Å². The van der Waals surface area contributed by atoms with Crippen molar-refractivity contribution in [3.63, 3.8) is 0 Å². The van der Waals surface area contributed by atoms with Crippen molar-refractivity contribution in [3.8, 4) is 0 Å². The van der Waals surface area contributed by atoms with Gasteiger partial charge in [-0.05, 0) is 40.9 Å². The normalized spacial score (nSPS) is 20.9. The molecular weight excluding hydrogens is 262 g/mol. The molecule has 1 fully saturated rings. The second kappa shape index (κ2) is 4.37. The molecule has 2 rings (SSSR count). The van der Waals surface area contributed by atoms with Crippen LogP contribution in [0.4, 0.5) is 0 Å². The van der Waals surface area contributed by atoms with Crippen LogP contribution >= 0.6 is 15.9 Å². The Kier molecular flexibility index (Phi) is 3.11. The molecule has 1 aliphatic heterocycles. The molecule has 1 atom stereocenters. The number of hydrogen-bond donors (Lipinski definition) is 1. The first-order chi connectivity index (χ1) is 7.22. The van der Waals surface area contributed by atoms with Crippen LogP contribution in [0.5, 0.6) is 0 Å². The molecule has 5 heteroatoms. The molecule has 0 saturated carbocycles. The summed E-state index contributed by atoms with van der Waals surface area (Å²) in [5.41, 5.74) is 0. The van der Waals surface area contributed by atoms with E-state index in [0.717, 1.165) is 12.8 Å². The minimum atomic E-state index is -0.141. The molecule has 0 bridgehead atoms. The Morgan fingerprint density at radius 3 is 3.07 bits per heavy atom. The van der Waals surface area contributed by atoms with Crippen molar-refractivity contribution >= 4 is 21.8 Å². The van der Waals surface area contributed by atoms with E-state index >= 15 is 0 Å². The van der Waals surface area contributed by atoms with E-state index in [-0.39, 0.29) is 18.6 Å². The molecule has 1 aromatic rings. The molecule has 82 valence electrons. The fourth-order valence-electron chi connectivity index (χ4n) is 1.86. The number of carbonyl (C=O) groups is 1. The fourth-order valence-corrected chi connectivity index (χ4v) is 2.17. The number of rotatable bonds is 2. The third-order valence-corrected chi connectivity index (χ3v) is 3.06. The summed E-state index contributed by atoms with van der Waals surface area (Å²) < 4.78 is 5.74. The lowest BCUT2D eigenvalue weighted by atomic mass is 10.2. The third kappa shape index (κ3) is 2.08. The lowest BCUT2D eigenvalue weighted by molar-refractivity contribution is 0.0644. The Balaban J connectivity index is 2.13. The van der Waals surface area contributed by atoms with Gasteiger partial charge in [-0.2, -0.15) is 0 Å². The predicted molar refractivity (Wildman–Crippen MR) is 57.6 cm³/mol. The van der Waals surface area contributed by atoms with Crippen molar-refractivity contribution < 1.29 is 14.3 Å². The van der Waals surface area contributed by atoms with Crippen molar-refractivity contribution in [3.05, 3.63) is 22.6 Å². The maximum Gasteiger partial charge on any atom is 0.289 e. The zero-order valence-corrected chi connectivity index (χ0v) is 9.74.